The van der Waals surface area contributed by atoms with Crippen LogP contribution in [0, 0.1) is 26.7 Å². The molecule has 1 aromatic heterocycles. The molecule has 1 aliphatic heterocycles. The molecule has 4 nitrogen and oxygen atoms in total. The number of anilines is 3. The summed E-state index contributed by atoms with van der Waals surface area (Å²) >= 11 is 0. The van der Waals surface area contributed by atoms with Gasteiger partial charge in [0.2, 0.25) is 5.95 Å². The largest absolute Gasteiger partial charge is 0.340 e. The molecule has 2 aromatic rings. The molecule has 0 spiro atoms. The standard InChI is InChI=1S/C19H26N4/c1-13-7-6-10-23(12-13)19-20-15(3)11-18(22-19)21-17-9-5-8-14(2)16(17)4/h5,8-9,11,13H,6-7,10,12H2,1-4H3,(H,20,21,22). The van der Waals surface area contributed by atoms with Crippen molar-refractivity contribution in [3.8, 4) is 0 Å². The number of aromatic nitrogens is 2. The molecular weight excluding hydrogens is 284 g/mol. The zero-order valence-corrected chi connectivity index (χ0v) is 14.6. The molecule has 1 N–H and O–H groups in total. The highest BCUT2D eigenvalue weighted by Gasteiger charge is 2.19. The number of hydrogen-bond acceptors (Lipinski definition) is 4. The molecule has 1 aliphatic rings. The molecule has 4 heteroatoms. The molecule has 122 valence electrons. The SMILES string of the molecule is Cc1cc(Nc2cccc(C)c2C)nc(N2CCCC(C)C2)n1. The summed E-state index contributed by atoms with van der Waals surface area (Å²) in [5.74, 6) is 2.44. The lowest BCUT2D eigenvalue weighted by molar-refractivity contribution is 0.442. The van der Waals surface area contributed by atoms with Crippen molar-refractivity contribution in [1.82, 2.24) is 9.97 Å². The Morgan fingerprint density at radius 1 is 1.17 bits per heavy atom. The first-order chi connectivity index (χ1) is 11.0. The molecule has 1 atom stereocenters. The molecule has 0 radical (unpaired) electrons. The van der Waals surface area contributed by atoms with E-state index in [1.807, 2.05) is 13.0 Å². The van der Waals surface area contributed by atoms with Gasteiger partial charge in [0, 0.05) is 30.5 Å². The van der Waals surface area contributed by atoms with Crippen molar-refractivity contribution >= 4 is 17.5 Å². The van der Waals surface area contributed by atoms with E-state index < -0.39 is 0 Å². The molecule has 3 rings (SSSR count). The maximum absolute atomic E-state index is 4.76. The highest BCUT2D eigenvalue weighted by atomic mass is 15.3. The van der Waals surface area contributed by atoms with E-state index >= 15 is 0 Å². The lowest BCUT2D eigenvalue weighted by atomic mass is 10.0. The molecule has 0 bridgehead atoms. The van der Waals surface area contributed by atoms with Crippen molar-refractivity contribution < 1.29 is 0 Å². The number of nitrogens with zero attached hydrogens (tertiary/aromatic N) is 3. The normalized spacial score (nSPS) is 18.1. The van der Waals surface area contributed by atoms with Crippen LogP contribution in [0.4, 0.5) is 17.5 Å². The van der Waals surface area contributed by atoms with Crippen molar-refractivity contribution in [3.05, 3.63) is 41.1 Å². The van der Waals surface area contributed by atoms with Gasteiger partial charge in [-0.3, -0.25) is 0 Å². The maximum atomic E-state index is 4.76. The molecule has 1 aromatic carbocycles. The van der Waals surface area contributed by atoms with Crippen molar-refractivity contribution in [3.63, 3.8) is 0 Å². The van der Waals surface area contributed by atoms with Gasteiger partial charge >= 0.3 is 0 Å². The van der Waals surface area contributed by atoms with Gasteiger partial charge in [-0.2, -0.15) is 4.98 Å². The van der Waals surface area contributed by atoms with E-state index in [0.717, 1.165) is 36.2 Å². The first-order valence-electron chi connectivity index (χ1n) is 8.47. The molecule has 0 aliphatic carbocycles. The molecule has 23 heavy (non-hydrogen) atoms. The Labute approximate surface area is 139 Å². The van der Waals surface area contributed by atoms with Crippen LogP contribution >= 0.6 is 0 Å². The number of nitrogens with one attached hydrogen (secondary N) is 1. The van der Waals surface area contributed by atoms with E-state index in [0.29, 0.717) is 5.92 Å². The fourth-order valence-corrected chi connectivity index (χ4v) is 3.15. The van der Waals surface area contributed by atoms with E-state index in [2.05, 4.69) is 54.2 Å². The third-order valence-electron chi connectivity index (χ3n) is 4.65. The van der Waals surface area contributed by atoms with Crippen LogP contribution in [0.5, 0.6) is 0 Å². The minimum Gasteiger partial charge on any atom is -0.340 e. The first-order valence-corrected chi connectivity index (χ1v) is 8.47. The minimum atomic E-state index is 0.711. The Hall–Kier alpha value is -2.10. The van der Waals surface area contributed by atoms with Crippen LogP contribution in [0.1, 0.15) is 36.6 Å². The number of aryl methyl sites for hydroxylation is 2. The monoisotopic (exact) mass is 310 g/mol. The van der Waals surface area contributed by atoms with Gasteiger partial charge < -0.3 is 10.2 Å². The van der Waals surface area contributed by atoms with Crippen LogP contribution in [0.3, 0.4) is 0 Å². The summed E-state index contributed by atoms with van der Waals surface area (Å²) in [7, 11) is 0. The Morgan fingerprint density at radius 2 is 2.00 bits per heavy atom. The topological polar surface area (TPSA) is 41.1 Å². The molecule has 1 unspecified atom stereocenters. The molecule has 0 amide bonds. The lowest BCUT2D eigenvalue weighted by Gasteiger charge is -2.31. The zero-order chi connectivity index (χ0) is 16.4. The number of hydrogen-bond donors (Lipinski definition) is 1. The fraction of sp³-hybridized carbons (Fsp3) is 0.474. The fourth-order valence-electron chi connectivity index (χ4n) is 3.15. The van der Waals surface area contributed by atoms with Crippen LogP contribution < -0.4 is 10.2 Å². The molecule has 1 saturated heterocycles. The van der Waals surface area contributed by atoms with Crippen molar-refractivity contribution in [2.24, 2.45) is 5.92 Å². The van der Waals surface area contributed by atoms with Crippen molar-refractivity contribution in [2.45, 2.75) is 40.5 Å². The van der Waals surface area contributed by atoms with Crippen LogP contribution in [-0.2, 0) is 0 Å². The zero-order valence-electron chi connectivity index (χ0n) is 14.6. The minimum absolute atomic E-state index is 0.711. The average molecular weight is 310 g/mol. The molecule has 1 fully saturated rings. The maximum Gasteiger partial charge on any atom is 0.227 e. The Balaban J connectivity index is 1.87. The number of rotatable bonds is 3. The highest BCUT2D eigenvalue weighted by molar-refractivity contribution is 5.63. The van der Waals surface area contributed by atoms with E-state index in [9.17, 15) is 0 Å². The smallest absolute Gasteiger partial charge is 0.227 e. The summed E-state index contributed by atoms with van der Waals surface area (Å²) in [4.78, 5) is 11.7. The molecule has 0 saturated carbocycles. The summed E-state index contributed by atoms with van der Waals surface area (Å²) in [5, 5.41) is 3.47. The van der Waals surface area contributed by atoms with Crippen LogP contribution in [0.2, 0.25) is 0 Å². The molecular formula is C19H26N4. The Kier molecular flexibility index (Phi) is 4.51. The van der Waals surface area contributed by atoms with Gasteiger partial charge in [-0.15, -0.1) is 0 Å². The second-order valence-corrected chi connectivity index (χ2v) is 6.76. The van der Waals surface area contributed by atoms with Crippen molar-refractivity contribution in [2.75, 3.05) is 23.3 Å². The summed E-state index contributed by atoms with van der Waals surface area (Å²) in [5.41, 5.74) is 4.66. The summed E-state index contributed by atoms with van der Waals surface area (Å²) in [6, 6.07) is 8.32. The van der Waals surface area contributed by atoms with E-state index in [1.165, 1.54) is 24.0 Å². The van der Waals surface area contributed by atoms with Gasteiger partial charge in [-0.1, -0.05) is 19.1 Å². The van der Waals surface area contributed by atoms with Gasteiger partial charge in [-0.25, -0.2) is 4.98 Å². The second-order valence-electron chi connectivity index (χ2n) is 6.76. The summed E-state index contributed by atoms with van der Waals surface area (Å²) in [6.07, 6.45) is 2.52. The first kappa shape index (κ1) is 15.8. The summed E-state index contributed by atoms with van der Waals surface area (Å²) < 4.78 is 0. The van der Waals surface area contributed by atoms with Crippen LogP contribution in [0.25, 0.3) is 0 Å². The third-order valence-corrected chi connectivity index (χ3v) is 4.65. The van der Waals surface area contributed by atoms with E-state index in [4.69, 9.17) is 4.98 Å². The number of piperidine rings is 1. The predicted molar refractivity (Wildman–Crippen MR) is 96.6 cm³/mol. The van der Waals surface area contributed by atoms with Crippen LogP contribution in [-0.4, -0.2) is 23.1 Å². The number of benzene rings is 1. The van der Waals surface area contributed by atoms with Gasteiger partial charge in [0.05, 0.1) is 0 Å². The third kappa shape index (κ3) is 3.63. The van der Waals surface area contributed by atoms with Crippen molar-refractivity contribution in [1.29, 1.82) is 0 Å². The summed E-state index contributed by atoms with van der Waals surface area (Å²) in [6.45, 7) is 10.7. The highest BCUT2D eigenvalue weighted by Crippen LogP contribution is 2.25. The quantitative estimate of drug-likeness (QED) is 0.913. The average Bonchev–Trinajstić information content (AvgIpc) is 2.51. The van der Waals surface area contributed by atoms with Gasteiger partial charge in [0.25, 0.3) is 0 Å². The lowest BCUT2D eigenvalue weighted by Crippen LogP contribution is -2.35. The molecule has 2 heterocycles. The van der Waals surface area contributed by atoms with E-state index in [1.54, 1.807) is 0 Å². The predicted octanol–water partition coefficient (Wildman–Crippen LogP) is 4.38. The second kappa shape index (κ2) is 6.57. The van der Waals surface area contributed by atoms with Gasteiger partial charge in [-0.05, 0) is 56.7 Å². The van der Waals surface area contributed by atoms with Gasteiger partial charge in [0.15, 0.2) is 0 Å². The van der Waals surface area contributed by atoms with Crippen LogP contribution in [0.15, 0.2) is 24.3 Å². The Morgan fingerprint density at radius 3 is 2.78 bits per heavy atom. The Bertz CT molecular complexity index is 696. The van der Waals surface area contributed by atoms with Gasteiger partial charge in [0.1, 0.15) is 5.82 Å². The van der Waals surface area contributed by atoms with E-state index in [-0.39, 0.29) is 0 Å².